The van der Waals surface area contributed by atoms with Crippen molar-refractivity contribution >= 4 is 21.9 Å². The monoisotopic (exact) mass is 361 g/mol. The summed E-state index contributed by atoms with van der Waals surface area (Å²) in [5, 5.41) is 3.45. The Hall–Kier alpha value is -1.65. The predicted octanol–water partition coefficient (Wildman–Crippen LogP) is 4.48. The van der Waals surface area contributed by atoms with Crippen LogP contribution in [0.25, 0.3) is 0 Å². The Labute approximate surface area is 139 Å². The van der Waals surface area contributed by atoms with Gasteiger partial charge in [-0.1, -0.05) is 46.3 Å². The zero-order valence-corrected chi connectivity index (χ0v) is 14.4. The fraction of sp³-hybridized carbons (Fsp3) is 0.278. The Balaban J connectivity index is 2.09. The van der Waals surface area contributed by atoms with Crippen molar-refractivity contribution in [3.05, 3.63) is 69.7 Å². The van der Waals surface area contributed by atoms with Gasteiger partial charge in [0.2, 0.25) is 0 Å². The molecule has 1 atom stereocenters. The minimum absolute atomic E-state index is 0.0552. The van der Waals surface area contributed by atoms with Crippen LogP contribution < -0.4 is 5.32 Å². The van der Waals surface area contributed by atoms with Gasteiger partial charge >= 0.3 is 5.97 Å². The lowest BCUT2D eigenvalue weighted by molar-refractivity contribution is 0.0524. The van der Waals surface area contributed by atoms with E-state index in [1.807, 2.05) is 43.3 Å². The molecule has 0 unspecified atom stereocenters. The van der Waals surface area contributed by atoms with Gasteiger partial charge in [0.25, 0.3) is 0 Å². The molecule has 0 radical (unpaired) electrons. The fourth-order valence-electron chi connectivity index (χ4n) is 2.30. The summed E-state index contributed by atoms with van der Waals surface area (Å²) in [5.74, 6) is -0.269. The summed E-state index contributed by atoms with van der Waals surface area (Å²) < 4.78 is 6.19. The van der Waals surface area contributed by atoms with Crippen LogP contribution in [-0.2, 0) is 11.3 Å². The largest absolute Gasteiger partial charge is 0.462 e. The van der Waals surface area contributed by atoms with Crippen LogP contribution in [0.4, 0.5) is 0 Å². The number of rotatable bonds is 6. The summed E-state index contributed by atoms with van der Waals surface area (Å²) in [6.45, 7) is 4.98. The van der Waals surface area contributed by atoms with Crippen molar-refractivity contribution in [3.8, 4) is 0 Å². The Bertz CT molecular complexity index is 642. The molecule has 0 aliphatic heterocycles. The standard InChI is InChI=1S/C18H20BrNO2/c1-3-22-18(21)17-10-5-4-9-16(17)13(2)20-12-14-7-6-8-15(19)11-14/h4-11,13,20H,3,12H2,1-2H3/t13-/m0/s1. The summed E-state index contributed by atoms with van der Waals surface area (Å²) in [7, 11) is 0. The molecule has 0 aromatic heterocycles. The van der Waals surface area contributed by atoms with Gasteiger partial charge in [-0.2, -0.15) is 0 Å². The third-order valence-electron chi connectivity index (χ3n) is 3.42. The van der Waals surface area contributed by atoms with E-state index in [-0.39, 0.29) is 12.0 Å². The molecule has 0 amide bonds. The van der Waals surface area contributed by atoms with Crippen LogP contribution in [0, 0.1) is 0 Å². The minimum Gasteiger partial charge on any atom is -0.462 e. The second kappa shape index (κ2) is 8.11. The zero-order chi connectivity index (χ0) is 15.9. The molecule has 2 rings (SSSR count). The second-order valence-electron chi connectivity index (χ2n) is 5.04. The van der Waals surface area contributed by atoms with Gasteiger partial charge in [0.15, 0.2) is 0 Å². The molecule has 0 aliphatic rings. The van der Waals surface area contributed by atoms with Gasteiger partial charge < -0.3 is 10.1 Å². The summed E-state index contributed by atoms with van der Waals surface area (Å²) in [6.07, 6.45) is 0. The molecule has 0 heterocycles. The summed E-state index contributed by atoms with van der Waals surface area (Å²) in [5.41, 5.74) is 2.77. The zero-order valence-electron chi connectivity index (χ0n) is 12.8. The molecule has 0 saturated heterocycles. The average molecular weight is 362 g/mol. The van der Waals surface area contributed by atoms with E-state index in [0.29, 0.717) is 12.2 Å². The first kappa shape index (κ1) is 16.7. The molecule has 0 bridgehead atoms. The maximum Gasteiger partial charge on any atom is 0.338 e. The molecule has 2 aromatic rings. The molecular weight excluding hydrogens is 342 g/mol. The van der Waals surface area contributed by atoms with Crippen LogP contribution in [0.2, 0.25) is 0 Å². The number of hydrogen-bond donors (Lipinski definition) is 1. The normalized spacial score (nSPS) is 12.0. The molecule has 3 nitrogen and oxygen atoms in total. The van der Waals surface area contributed by atoms with Crippen LogP contribution >= 0.6 is 15.9 Å². The number of carbonyl (C=O) groups excluding carboxylic acids is 1. The quantitative estimate of drug-likeness (QED) is 0.771. The Morgan fingerprint density at radius 2 is 2.00 bits per heavy atom. The van der Waals surface area contributed by atoms with Crippen molar-refractivity contribution in [3.63, 3.8) is 0 Å². The van der Waals surface area contributed by atoms with Gasteiger partial charge in [0.1, 0.15) is 0 Å². The third-order valence-corrected chi connectivity index (χ3v) is 3.92. The van der Waals surface area contributed by atoms with E-state index in [2.05, 4.69) is 40.3 Å². The van der Waals surface area contributed by atoms with E-state index in [1.54, 1.807) is 0 Å². The predicted molar refractivity (Wildman–Crippen MR) is 91.8 cm³/mol. The number of nitrogens with one attached hydrogen (secondary N) is 1. The highest BCUT2D eigenvalue weighted by atomic mass is 79.9. The van der Waals surface area contributed by atoms with Gasteiger partial charge in [0.05, 0.1) is 12.2 Å². The SMILES string of the molecule is CCOC(=O)c1ccccc1[C@H](C)NCc1cccc(Br)c1. The first-order chi connectivity index (χ1) is 10.6. The Morgan fingerprint density at radius 3 is 2.73 bits per heavy atom. The van der Waals surface area contributed by atoms with Crippen LogP contribution in [-0.4, -0.2) is 12.6 Å². The topological polar surface area (TPSA) is 38.3 Å². The summed E-state index contributed by atoms with van der Waals surface area (Å²) in [6, 6.07) is 15.8. The number of esters is 1. The molecule has 0 aliphatic carbocycles. The Morgan fingerprint density at radius 1 is 1.23 bits per heavy atom. The van der Waals surface area contributed by atoms with Crippen molar-refractivity contribution < 1.29 is 9.53 Å². The number of carbonyl (C=O) groups is 1. The summed E-state index contributed by atoms with van der Waals surface area (Å²) >= 11 is 3.47. The van der Waals surface area contributed by atoms with E-state index >= 15 is 0 Å². The van der Waals surface area contributed by atoms with Crippen molar-refractivity contribution in [1.82, 2.24) is 5.32 Å². The maximum atomic E-state index is 12.0. The maximum absolute atomic E-state index is 12.0. The second-order valence-corrected chi connectivity index (χ2v) is 5.96. The van der Waals surface area contributed by atoms with E-state index in [9.17, 15) is 4.79 Å². The van der Waals surface area contributed by atoms with Crippen molar-refractivity contribution in [2.75, 3.05) is 6.61 Å². The van der Waals surface area contributed by atoms with E-state index in [0.717, 1.165) is 16.6 Å². The van der Waals surface area contributed by atoms with E-state index < -0.39 is 0 Å². The number of ether oxygens (including phenoxy) is 1. The first-order valence-corrected chi connectivity index (χ1v) is 8.15. The van der Waals surface area contributed by atoms with E-state index in [1.165, 1.54) is 5.56 Å². The van der Waals surface area contributed by atoms with Crippen LogP contribution in [0.15, 0.2) is 53.0 Å². The molecule has 1 N–H and O–H groups in total. The molecule has 0 saturated carbocycles. The third kappa shape index (κ3) is 4.42. The van der Waals surface area contributed by atoms with Crippen molar-refractivity contribution in [2.45, 2.75) is 26.4 Å². The number of benzene rings is 2. The fourth-order valence-corrected chi connectivity index (χ4v) is 2.74. The van der Waals surface area contributed by atoms with Crippen LogP contribution in [0.1, 0.15) is 41.4 Å². The van der Waals surface area contributed by atoms with Crippen LogP contribution in [0.3, 0.4) is 0 Å². The van der Waals surface area contributed by atoms with Crippen molar-refractivity contribution in [1.29, 1.82) is 0 Å². The highest BCUT2D eigenvalue weighted by Gasteiger charge is 2.16. The first-order valence-electron chi connectivity index (χ1n) is 7.35. The van der Waals surface area contributed by atoms with E-state index in [4.69, 9.17) is 4.74 Å². The van der Waals surface area contributed by atoms with Crippen LogP contribution in [0.5, 0.6) is 0 Å². The van der Waals surface area contributed by atoms with Crippen molar-refractivity contribution in [2.24, 2.45) is 0 Å². The lowest BCUT2D eigenvalue weighted by atomic mass is 10.0. The van der Waals surface area contributed by atoms with Gasteiger partial charge in [0, 0.05) is 17.1 Å². The van der Waals surface area contributed by atoms with Gasteiger partial charge in [-0.05, 0) is 43.2 Å². The lowest BCUT2D eigenvalue weighted by Gasteiger charge is -2.17. The number of halogens is 1. The molecule has 0 fully saturated rings. The molecule has 22 heavy (non-hydrogen) atoms. The smallest absolute Gasteiger partial charge is 0.338 e. The van der Waals surface area contributed by atoms with Gasteiger partial charge in [-0.3, -0.25) is 0 Å². The highest BCUT2D eigenvalue weighted by Crippen LogP contribution is 2.20. The summed E-state index contributed by atoms with van der Waals surface area (Å²) in [4.78, 5) is 12.0. The van der Waals surface area contributed by atoms with Gasteiger partial charge in [-0.15, -0.1) is 0 Å². The van der Waals surface area contributed by atoms with Gasteiger partial charge in [-0.25, -0.2) is 4.79 Å². The molecule has 0 spiro atoms. The molecule has 2 aromatic carbocycles. The minimum atomic E-state index is -0.269. The lowest BCUT2D eigenvalue weighted by Crippen LogP contribution is -2.21. The molecular formula is C18H20BrNO2. The number of hydrogen-bond acceptors (Lipinski definition) is 3. The molecule has 4 heteroatoms. The average Bonchev–Trinajstić information content (AvgIpc) is 2.53. The highest BCUT2D eigenvalue weighted by molar-refractivity contribution is 9.10. The Kier molecular flexibility index (Phi) is 6.16. The molecule has 116 valence electrons.